The first-order valence-electron chi connectivity index (χ1n) is 9.11. The summed E-state index contributed by atoms with van der Waals surface area (Å²) < 4.78 is 48.0. The molecule has 0 bridgehead atoms. The third kappa shape index (κ3) is 6.44. The third-order valence-corrected chi connectivity index (χ3v) is 7.28. The molecule has 2 rings (SSSR count). The number of nitrogens with two attached hydrogens (primary N) is 1. The molecule has 0 unspecified atom stereocenters. The van der Waals surface area contributed by atoms with Crippen LogP contribution in [0.4, 0.5) is 8.78 Å². The van der Waals surface area contributed by atoms with E-state index < -0.39 is 20.8 Å². The van der Waals surface area contributed by atoms with Gasteiger partial charge in [0.05, 0.1) is 5.25 Å². The summed E-state index contributed by atoms with van der Waals surface area (Å²) in [4.78, 5) is 12.2. The average molecular weight is 380 g/mol. The lowest BCUT2D eigenvalue weighted by molar-refractivity contribution is -0.119. The Balaban J connectivity index is 0.00000151. The maximum atomic E-state index is 12.5. The first kappa shape index (κ1) is 22.2. The molecule has 0 heterocycles. The number of alkyl halides is 2. The van der Waals surface area contributed by atoms with E-state index in [1.54, 1.807) is 6.08 Å². The Kier molecular flexibility index (Phi) is 9.21. The van der Waals surface area contributed by atoms with Gasteiger partial charge in [-0.3, -0.25) is 4.79 Å². The number of hydrogen-bond acceptors (Lipinski definition) is 4. The van der Waals surface area contributed by atoms with Gasteiger partial charge >= 0.3 is 5.76 Å². The minimum atomic E-state index is -4.35. The van der Waals surface area contributed by atoms with Gasteiger partial charge in [0.25, 0.3) is 0 Å². The SMILES string of the molecule is CC1CCC(C=CC(=O)C2CCC(S(=O)(=O)C(F)F)CC2)CC1.CN. The van der Waals surface area contributed by atoms with E-state index >= 15 is 0 Å². The molecule has 2 saturated carbocycles. The summed E-state index contributed by atoms with van der Waals surface area (Å²) in [6.07, 6.45) is 9.37. The van der Waals surface area contributed by atoms with Gasteiger partial charge in [-0.2, -0.15) is 8.78 Å². The number of sulfone groups is 1. The van der Waals surface area contributed by atoms with Gasteiger partial charge in [0.1, 0.15) is 0 Å². The summed E-state index contributed by atoms with van der Waals surface area (Å²) >= 11 is 0. The largest absolute Gasteiger partial charge is 0.337 e. The van der Waals surface area contributed by atoms with E-state index in [9.17, 15) is 22.0 Å². The van der Waals surface area contributed by atoms with E-state index in [2.05, 4.69) is 12.7 Å². The number of halogens is 2. The summed E-state index contributed by atoms with van der Waals surface area (Å²) in [6.45, 7) is 2.25. The predicted molar refractivity (Wildman–Crippen MR) is 96.1 cm³/mol. The van der Waals surface area contributed by atoms with Gasteiger partial charge in [0.15, 0.2) is 5.78 Å². The van der Waals surface area contributed by atoms with Crippen molar-refractivity contribution in [3.63, 3.8) is 0 Å². The standard InChI is InChI=1S/C17H26F2O3S.CH5N/c1-12-2-4-13(5-3-12)6-11-16(20)14-7-9-15(10-8-14)23(21,22)17(18)19;1-2/h6,11-15,17H,2-5,7-10H2,1H3;2H2,1H3. The maximum absolute atomic E-state index is 12.5. The highest BCUT2D eigenvalue weighted by Gasteiger charge is 2.38. The van der Waals surface area contributed by atoms with Crippen molar-refractivity contribution in [3.8, 4) is 0 Å². The van der Waals surface area contributed by atoms with Crippen molar-refractivity contribution in [1.82, 2.24) is 0 Å². The van der Waals surface area contributed by atoms with Gasteiger partial charge in [-0.15, -0.1) is 0 Å². The van der Waals surface area contributed by atoms with E-state index in [-0.39, 0.29) is 24.5 Å². The topological polar surface area (TPSA) is 77.2 Å². The molecule has 0 radical (unpaired) electrons. The second kappa shape index (κ2) is 10.4. The van der Waals surface area contributed by atoms with E-state index in [4.69, 9.17) is 0 Å². The fraction of sp³-hybridized carbons (Fsp3) is 0.833. The van der Waals surface area contributed by atoms with Gasteiger partial charge in [-0.1, -0.05) is 25.8 Å². The molecule has 2 aliphatic carbocycles. The molecule has 7 heteroatoms. The number of carbonyl (C=O) groups is 1. The van der Waals surface area contributed by atoms with Crippen LogP contribution in [0.3, 0.4) is 0 Å². The quantitative estimate of drug-likeness (QED) is 0.739. The van der Waals surface area contributed by atoms with Crippen molar-refractivity contribution in [2.45, 2.75) is 69.3 Å². The second-order valence-electron chi connectivity index (χ2n) is 7.10. The number of allylic oxidation sites excluding steroid dienone is 2. The van der Waals surface area contributed by atoms with Crippen molar-refractivity contribution < 1.29 is 22.0 Å². The highest BCUT2D eigenvalue weighted by molar-refractivity contribution is 7.92. The number of ketones is 1. The van der Waals surface area contributed by atoms with Gasteiger partial charge in [-0.25, -0.2) is 8.42 Å². The number of hydrogen-bond donors (Lipinski definition) is 1. The van der Waals surface area contributed by atoms with Crippen LogP contribution in [0.2, 0.25) is 0 Å². The molecule has 0 atom stereocenters. The van der Waals surface area contributed by atoms with E-state index in [0.717, 1.165) is 18.8 Å². The monoisotopic (exact) mass is 379 g/mol. The normalized spacial score (nSPS) is 30.8. The Labute approximate surface area is 150 Å². The molecular weight excluding hydrogens is 348 g/mol. The van der Waals surface area contributed by atoms with Crippen LogP contribution in [0.1, 0.15) is 58.3 Å². The van der Waals surface area contributed by atoms with Crippen LogP contribution in [-0.2, 0) is 14.6 Å². The van der Waals surface area contributed by atoms with Gasteiger partial charge in [0.2, 0.25) is 9.84 Å². The molecule has 2 fully saturated rings. The molecule has 0 aliphatic heterocycles. The third-order valence-electron chi connectivity index (χ3n) is 5.38. The van der Waals surface area contributed by atoms with Crippen LogP contribution >= 0.6 is 0 Å². The minimum absolute atomic E-state index is 0.0246. The summed E-state index contributed by atoms with van der Waals surface area (Å²) in [5.74, 6) is -2.27. The molecule has 25 heavy (non-hydrogen) atoms. The molecule has 0 aromatic carbocycles. The molecule has 0 amide bonds. The van der Waals surface area contributed by atoms with Crippen molar-refractivity contribution in [1.29, 1.82) is 0 Å². The van der Waals surface area contributed by atoms with Crippen LogP contribution in [0.25, 0.3) is 0 Å². The molecule has 2 aliphatic rings. The molecule has 0 aromatic heterocycles. The Morgan fingerprint density at radius 3 is 2.00 bits per heavy atom. The molecule has 2 N–H and O–H groups in total. The highest BCUT2D eigenvalue weighted by atomic mass is 32.2. The zero-order valence-corrected chi connectivity index (χ0v) is 16.0. The van der Waals surface area contributed by atoms with E-state index in [0.29, 0.717) is 18.8 Å². The predicted octanol–water partition coefficient (Wildman–Crippen LogP) is 3.71. The van der Waals surface area contributed by atoms with Crippen LogP contribution in [0, 0.1) is 17.8 Å². The molecule has 0 aromatic rings. The molecule has 0 spiro atoms. The molecule has 146 valence electrons. The summed E-state index contributed by atoms with van der Waals surface area (Å²) in [5.41, 5.74) is 4.50. The fourth-order valence-electron chi connectivity index (χ4n) is 3.67. The smallest absolute Gasteiger partial charge is 0.333 e. The summed E-state index contributed by atoms with van der Waals surface area (Å²) in [6, 6.07) is 0. The zero-order valence-electron chi connectivity index (χ0n) is 15.2. The Hall–Kier alpha value is -0.820. The van der Waals surface area contributed by atoms with Crippen molar-refractivity contribution in [2.24, 2.45) is 23.5 Å². The highest BCUT2D eigenvalue weighted by Crippen LogP contribution is 2.32. The van der Waals surface area contributed by atoms with Gasteiger partial charge in [-0.05, 0) is 63.5 Å². The van der Waals surface area contributed by atoms with Crippen LogP contribution < -0.4 is 5.73 Å². The minimum Gasteiger partial charge on any atom is -0.333 e. The van der Waals surface area contributed by atoms with Crippen LogP contribution in [0.5, 0.6) is 0 Å². The van der Waals surface area contributed by atoms with Crippen molar-refractivity contribution in [2.75, 3.05) is 7.05 Å². The summed E-state index contributed by atoms with van der Waals surface area (Å²) in [7, 11) is -2.85. The van der Waals surface area contributed by atoms with Crippen molar-refractivity contribution >= 4 is 15.6 Å². The zero-order chi connectivity index (χ0) is 19.0. The Morgan fingerprint density at radius 1 is 1.00 bits per heavy atom. The van der Waals surface area contributed by atoms with E-state index in [1.807, 2.05) is 6.08 Å². The lowest BCUT2D eigenvalue weighted by Gasteiger charge is -2.27. The van der Waals surface area contributed by atoms with Gasteiger partial charge < -0.3 is 5.73 Å². The second-order valence-corrected chi connectivity index (χ2v) is 9.31. The Morgan fingerprint density at radius 2 is 1.52 bits per heavy atom. The summed E-state index contributed by atoms with van der Waals surface area (Å²) in [5, 5.41) is -0.990. The number of carbonyl (C=O) groups excluding carboxylic acids is 1. The first-order chi connectivity index (χ1) is 11.8. The van der Waals surface area contributed by atoms with Crippen LogP contribution in [0.15, 0.2) is 12.2 Å². The molecule has 0 saturated heterocycles. The lowest BCUT2D eigenvalue weighted by Crippen LogP contribution is -2.32. The van der Waals surface area contributed by atoms with Gasteiger partial charge in [0, 0.05) is 5.92 Å². The Bertz CT molecular complexity index is 533. The van der Waals surface area contributed by atoms with Crippen molar-refractivity contribution in [3.05, 3.63) is 12.2 Å². The van der Waals surface area contributed by atoms with Crippen LogP contribution in [-0.4, -0.2) is 32.3 Å². The maximum Gasteiger partial charge on any atom is 0.337 e. The van der Waals surface area contributed by atoms with E-state index in [1.165, 1.54) is 19.9 Å². The lowest BCUT2D eigenvalue weighted by atomic mass is 9.81. The molecular formula is C18H31F2NO3S. The fourth-order valence-corrected chi connectivity index (χ4v) is 4.89. The average Bonchev–Trinajstić information content (AvgIpc) is 2.62. The number of rotatable bonds is 5. The first-order valence-corrected chi connectivity index (χ1v) is 10.7. The molecule has 4 nitrogen and oxygen atoms in total.